The summed E-state index contributed by atoms with van der Waals surface area (Å²) < 4.78 is 0. The number of rotatable bonds is 0. The van der Waals surface area contributed by atoms with Crippen LogP contribution in [0.1, 0.15) is 7.43 Å². The molecule has 0 aliphatic rings. The first-order valence-corrected chi connectivity index (χ1v) is 0. The second-order valence-electron chi connectivity index (χ2n) is 0. The zero-order valence-corrected chi connectivity index (χ0v) is 6.20. The Morgan fingerprint density at radius 2 is 1.00 bits per heavy atom. The van der Waals surface area contributed by atoms with E-state index in [1.807, 2.05) is 0 Å². The van der Waals surface area contributed by atoms with E-state index in [9.17, 15) is 0 Å². The van der Waals surface area contributed by atoms with E-state index in [0.29, 0.717) is 0 Å². The van der Waals surface area contributed by atoms with Crippen LogP contribution in [0.25, 0.3) is 0 Å². The average molecular weight is 237 g/mol. The molecule has 39 valence electrons. The monoisotopic (exact) mass is 237 g/mol. The minimum Gasteiger partial charge on any atom is -0.0776 e. The molecule has 0 amide bonds. The van der Waals surface area contributed by atoms with Crippen LogP contribution in [0.15, 0.2) is 0 Å². The second-order valence-corrected chi connectivity index (χ2v) is 0. The molecule has 0 N–H and O–H groups in total. The summed E-state index contributed by atoms with van der Waals surface area (Å²) in [5.41, 5.74) is 0. The average Bonchev–Trinajstić information content (AvgIpc) is 0. The van der Waals surface area contributed by atoms with E-state index in [4.69, 9.17) is 0 Å². The van der Waals surface area contributed by atoms with E-state index in [-0.39, 0.29) is 79.5 Å². The van der Waals surface area contributed by atoms with Gasteiger partial charge in [-0.05, 0) is 0 Å². The van der Waals surface area contributed by atoms with E-state index >= 15 is 0 Å². The first-order chi connectivity index (χ1) is 0. The summed E-state index contributed by atoms with van der Waals surface area (Å²) in [6, 6.07) is 0. The Morgan fingerprint density at radius 3 is 1.00 bits per heavy atom. The molecule has 5 heavy (non-hydrogen) atoms. The normalized spacial score (nSPS) is 0. The standard InChI is InChI=1S/CH4.Co.Fe.Ni.Ti/h1H4;;;;. The number of hydrogen-bond acceptors (Lipinski definition) is 0. The van der Waals surface area contributed by atoms with E-state index in [1.54, 1.807) is 0 Å². The smallest absolute Gasteiger partial charge is 0 e. The minimum absolute atomic E-state index is 0. The first-order valence-electron chi connectivity index (χ1n) is 0. The van der Waals surface area contributed by atoms with Crippen LogP contribution in [-0.4, -0.2) is 0 Å². The maximum atomic E-state index is 0. The molecule has 0 saturated heterocycles. The summed E-state index contributed by atoms with van der Waals surface area (Å²) >= 11 is 0. The Morgan fingerprint density at radius 1 is 1.00 bits per heavy atom. The fourth-order valence-corrected chi connectivity index (χ4v) is 0. The Hall–Kier alpha value is 2.23. The molecule has 0 unspecified atom stereocenters. The van der Waals surface area contributed by atoms with Crippen LogP contribution >= 0.6 is 0 Å². The van der Waals surface area contributed by atoms with Gasteiger partial charge in [-0.3, -0.25) is 0 Å². The van der Waals surface area contributed by atoms with Crippen molar-refractivity contribution in [1.82, 2.24) is 0 Å². The van der Waals surface area contributed by atoms with Crippen LogP contribution in [0, 0.1) is 0 Å². The molecular formula is CH4CoFeNiTi. The number of hydrogen-bond donors (Lipinski definition) is 0. The van der Waals surface area contributed by atoms with E-state index < -0.39 is 0 Å². The van der Waals surface area contributed by atoms with Crippen molar-refractivity contribution >= 4 is 0 Å². The molecule has 0 aliphatic heterocycles. The first kappa shape index (κ1) is 56.3. The van der Waals surface area contributed by atoms with Crippen molar-refractivity contribution in [2.75, 3.05) is 0 Å². The molecule has 0 saturated carbocycles. The van der Waals surface area contributed by atoms with Crippen molar-refractivity contribution in [2.45, 2.75) is 7.43 Å². The van der Waals surface area contributed by atoms with Gasteiger partial charge in [0.2, 0.25) is 0 Å². The SMILES string of the molecule is C.[Co].[Fe].[Ni].[Ti]. The van der Waals surface area contributed by atoms with Gasteiger partial charge in [0, 0.05) is 72.1 Å². The maximum Gasteiger partial charge on any atom is 0 e. The largest absolute Gasteiger partial charge is 0.0776 e. The summed E-state index contributed by atoms with van der Waals surface area (Å²) in [7, 11) is 0. The van der Waals surface area contributed by atoms with Crippen molar-refractivity contribution in [1.29, 1.82) is 0 Å². The van der Waals surface area contributed by atoms with Gasteiger partial charge in [-0.2, -0.15) is 0 Å². The van der Waals surface area contributed by atoms with Gasteiger partial charge in [-0.15, -0.1) is 0 Å². The summed E-state index contributed by atoms with van der Waals surface area (Å²) in [4.78, 5) is 0. The van der Waals surface area contributed by atoms with Gasteiger partial charge in [-0.1, -0.05) is 7.43 Å². The van der Waals surface area contributed by atoms with Crippen LogP contribution in [-0.2, 0) is 72.1 Å². The molecule has 0 spiro atoms. The summed E-state index contributed by atoms with van der Waals surface area (Å²) in [5, 5.41) is 0. The summed E-state index contributed by atoms with van der Waals surface area (Å²) in [5.74, 6) is 0. The van der Waals surface area contributed by atoms with Crippen molar-refractivity contribution in [2.24, 2.45) is 0 Å². The zero-order valence-electron chi connectivity index (χ0n) is 1.50. The van der Waals surface area contributed by atoms with Crippen LogP contribution in [0.4, 0.5) is 0 Å². The topological polar surface area (TPSA) is 0 Å². The molecule has 0 rings (SSSR count). The van der Waals surface area contributed by atoms with Crippen molar-refractivity contribution in [3.05, 3.63) is 0 Å². The summed E-state index contributed by atoms with van der Waals surface area (Å²) in [6.07, 6.45) is 0. The molecule has 0 aromatic heterocycles. The third kappa shape index (κ3) is 22.4. The molecule has 0 aromatic rings. The summed E-state index contributed by atoms with van der Waals surface area (Å²) in [6.45, 7) is 0. The molecule has 0 aromatic carbocycles. The van der Waals surface area contributed by atoms with Gasteiger partial charge in [0.1, 0.15) is 0 Å². The Bertz CT molecular complexity index is 11.6. The van der Waals surface area contributed by atoms with Gasteiger partial charge >= 0.3 is 0 Å². The van der Waals surface area contributed by atoms with Crippen molar-refractivity contribution in [3.8, 4) is 0 Å². The van der Waals surface area contributed by atoms with Crippen molar-refractivity contribution < 1.29 is 72.1 Å². The third-order valence-electron chi connectivity index (χ3n) is 0. The molecule has 1 radical (unpaired) electrons. The molecule has 0 bridgehead atoms. The van der Waals surface area contributed by atoms with Gasteiger partial charge < -0.3 is 0 Å². The van der Waals surface area contributed by atoms with Crippen LogP contribution in [0.5, 0.6) is 0 Å². The predicted molar refractivity (Wildman–Crippen MR) is 6.73 cm³/mol. The quantitative estimate of drug-likeness (QED) is 0.542. The van der Waals surface area contributed by atoms with Gasteiger partial charge in [0.05, 0.1) is 0 Å². The van der Waals surface area contributed by atoms with Crippen LogP contribution in [0.2, 0.25) is 0 Å². The fourth-order valence-electron chi connectivity index (χ4n) is 0. The Kier molecular flexibility index (Phi) is 386. The molecule has 0 fully saturated rings. The Labute approximate surface area is 78.7 Å². The fraction of sp³-hybridized carbons (Fsp3) is 1.00. The van der Waals surface area contributed by atoms with Crippen LogP contribution < -0.4 is 0 Å². The van der Waals surface area contributed by atoms with Crippen LogP contribution in [0.3, 0.4) is 0 Å². The molecule has 0 heterocycles. The minimum atomic E-state index is 0. The molecule has 4 heteroatoms. The molecule has 0 atom stereocenters. The van der Waals surface area contributed by atoms with Crippen molar-refractivity contribution in [3.63, 3.8) is 0 Å². The molecule has 0 nitrogen and oxygen atoms in total. The van der Waals surface area contributed by atoms with E-state index in [1.165, 1.54) is 0 Å². The van der Waals surface area contributed by atoms with E-state index in [2.05, 4.69) is 0 Å². The maximum absolute atomic E-state index is 0. The Balaban J connectivity index is 0. The van der Waals surface area contributed by atoms with Gasteiger partial charge in [0.15, 0.2) is 0 Å². The molecule has 0 aliphatic carbocycles. The van der Waals surface area contributed by atoms with Gasteiger partial charge in [0.25, 0.3) is 0 Å². The molecular weight excluding hydrogens is 233 g/mol. The van der Waals surface area contributed by atoms with E-state index in [0.717, 1.165) is 0 Å². The van der Waals surface area contributed by atoms with Gasteiger partial charge in [-0.25, -0.2) is 0 Å². The zero-order chi connectivity index (χ0) is 0. The predicted octanol–water partition coefficient (Wildman–Crippen LogP) is 0.626. The second kappa shape index (κ2) is 34.2. The third-order valence-corrected chi connectivity index (χ3v) is 0.